The van der Waals surface area contributed by atoms with Crippen LogP contribution in [0, 0.1) is 11.8 Å². The molecule has 0 aromatic rings. The number of hydrogen-bond acceptors (Lipinski definition) is 3. The van der Waals surface area contributed by atoms with Gasteiger partial charge in [-0.1, -0.05) is 6.42 Å². The van der Waals surface area contributed by atoms with Gasteiger partial charge in [0.15, 0.2) is 0 Å². The fourth-order valence-corrected chi connectivity index (χ4v) is 3.78. The van der Waals surface area contributed by atoms with Crippen molar-refractivity contribution in [1.29, 1.82) is 0 Å². The van der Waals surface area contributed by atoms with Crippen LogP contribution in [0.15, 0.2) is 0 Å². The minimum absolute atomic E-state index is 0.656. The SMILES string of the molecule is CSCCC(CN)N1CC2CCCC2C1. The maximum absolute atomic E-state index is 5.89. The molecule has 1 heterocycles. The van der Waals surface area contributed by atoms with Gasteiger partial charge in [0.1, 0.15) is 0 Å². The quantitative estimate of drug-likeness (QED) is 0.778. The van der Waals surface area contributed by atoms with Crippen LogP contribution >= 0.6 is 11.8 Å². The van der Waals surface area contributed by atoms with Crippen LogP contribution in [0.25, 0.3) is 0 Å². The molecule has 1 saturated heterocycles. The third kappa shape index (κ3) is 2.69. The molecule has 0 bridgehead atoms. The molecule has 0 aromatic heterocycles. The molecule has 2 N–H and O–H groups in total. The van der Waals surface area contributed by atoms with Crippen molar-refractivity contribution < 1.29 is 0 Å². The Balaban J connectivity index is 1.82. The second-order valence-corrected chi connectivity index (χ2v) is 6.06. The molecule has 0 spiro atoms. The average Bonchev–Trinajstić information content (AvgIpc) is 2.79. The lowest BCUT2D eigenvalue weighted by atomic mass is 10.0. The van der Waals surface area contributed by atoms with Crippen LogP contribution in [-0.2, 0) is 0 Å². The van der Waals surface area contributed by atoms with Crippen LogP contribution in [0.4, 0.5) is 0 Å². The van der Waals surface area contributed by atoms with E-state index in [1.165, 1.54) is 44.5 Å². The van der Waals surface area contributed by atoms with Crippen molar-refractivity contribution in [3.63, 3.8) is 0 Å². The summed E-state index contributed by atoms with van der Waals surface area (Å²) >= 11 is 1.94. The smallest absolute Gasteiger partial charge is 0.0226 e. The molecule has 2 aliphatic rings. The summed E-state index contributed by atoms with van der Waals surface area (Å²) in [5.41, 5.74) is 5.89. The van der Waals surface area contributed by atoms with Crippen LogP contribution in [0.5, 0.6) is 0 Å². The first kappa shape index (κ1) is 11.7. The summed E-state index contributed by atoms with van der Waals surface area (Å²) in [4.78, 5) is 2.67. The number of fused-ring (bicyclic) bond motifs is 1. The Morgan fingerprint density at radius 2 is 2.00 bits per heavy atom. The lowest BCUT2D eigenvalue weighted by molar-refractivity contribution is 0.225. The lowest BCUT2D eigenvalue weighted by Crippen LogP contribution is -2.40. The Hall–Kier alpha value is 0.270. The number of nitrogens with zero attached hydrogens (tertiary/aromatic N) is 1. The highest BCUT2D eigenvalue weighted by Crippen LogP contribution is 2.38. The number of hydrogen-bond donors (Lipinski definition) is 1. The topological polar surface area (TPSA) is 29.3 Å². The minimum atomic E-state index is 0.656. The highest BCUT2D eigenvalue weighted by atomic mass is 32.2. The molecular weight excluding hydrogens is 204 g/mol. The fourth-order valence-electron chi connectivity index (χ4n) is 3.27. The maximum Gasteiger partial charge on any atom is 0.0226 e. The monoisotopic (exact) mass is 228 g/mol. The van der Waals surface area contributed by atoms with Gasteiger partial charge in [-0.05, 0) is 43.1 Å². The first-order chi connectivity index (χ1) is 7.35. The van der Waals surface area contributed by atoms with E-state index in [4.69, 9.17) is 5.73 Å². The van der Waals surface area contributed by atoms with E-state index in [1.54, 1.807) is 0 Å². The summed E-state index contributed by atoms with van der Waals surface area (Å²) in [6.07, 6.45) is 7.88. The van der Waals surface area contributed by atoms with Crippen LogP contribution < -0.4 is 5.73 Å². The van der Waals surface area contributed by atoms with Gasteiger partial charge < -0.3 is 5.73 Å². The zero-order valence-corrected chi connectivity index (χ0v) is 10.6. The fraction of sp³-hybridized carbons (Fsp3) is 1.00. The van der Waals surface area contributed by atoms with E-state index < -0.39 is 0 Å². The van der Waals surface area contributed by atoms with Crippen LogP contribution in [0.1, 0.15) is 25.7 Å². The minimum Gasteiger partial charge on any atom is -0.329 e. The van der Waals surface area contributed by atoms with Crippen molar-refractivity contribution >= 4 is 11.8 Å². The normalized spacial score (nSPS) is 33.2. The number of rotatable bonds is 5. The third-order valence-corrected chi connectivity index (χ3v) is 4.84. The number of nitrogens with two attached hydrogens (primary N) is 1. The van der Waals surface area contributed by atoms with E-state index >= 15 is 0 Å². The second kappa shape index (κ2) is 5.55. The van der Waals surface area contributed by atoms with Crippen molar-refractivity contribution in [3.8, 4) is 0 Å². The predicted octanol–water partition coefficient (Wildman–Crippen LogP) is 1.80. The Bertz CT molecular complexity index is 186. The molecule has 3 atom stereocenters. The van der Waals surface area contributed by atoms with Crippen molar-refractivity contribution in [3.05, 3.63) is 0 Å². The summed E-state index contributed by atoms with van der Waals surface area (Å²) in [6.45, 7) is 3.52. The van der Waals surface area contributed by atoms with E-state index in [1.807, 2.05) is 11.8 Å². The number of thioether (sulfide) groups is 1. The molecule has 2 fully saturated rings. The Morgan fingerprint density at radius 3 is 2.53 bits per heavy atom. The first-order valence-electron chi connectivity index (χ1n) is 6.28. The van der Waals surface area contributed by atoms with Crippen LogP contribution in [-0.4, -0.2) is 42.6 Å². The molecule has 0 aromatic carbocycles. The van der Waals surface area contributed by atoms with E-state index in [-0.39, 0.29) is 0 Å². The standard InChI is InChI=1S/C12H24N2S/c1-15-6-5-12(7-13)14-8-10-3-2-4-11(10)9-14/h10-12H,2-9,13H2,1H3. The zero-order valence-electron chi connectivity index (χ0n) is 9.82. The van der Waals surface area contributed by atoms with E-state index in [0.29, 0.717) is 6.04 Å². The van der Waals surface area contributed by atoms with Crippen molar-refractivity contribution in [2.24, 2.45) is 17.6 Å². The maximum atomic E-state index is 5.89. The van der Waals surface area contributed by atoms with E-state index in [2.05, 4.69) is 11.2 Å². The highest BCUT2D eigenvalue weighted by Gasteiger charge is 2.37. The molecule has 2 rings (SSSR count). The van der Waals surface area contributed by atoms with Gasteiger partial charge in [-0.2, -0.15) is 11.8 Å². The summed E-state index contributed by atoms with van der Waals surface area (Å²) in [7, 11) is 0. The summed E-state index contributed by atoms with van der Waals surface area (Å²) in [5, 5.41) is 0. The van der Waals surface area contributed by atoms with Gasteiger partial charge in [0, 0.05) is 25.7 Å². The Kier molecular flexibility index (Phi) is 4.35. The molecule has 0 radical (unpaired) electrons. The lowest BCUT2D eigenvalue weighted by Gasteiger charge is -2.27. The van der Waals surface area contributed by atoms with Gasteiger partial charge in [-0.25, -0.2) is 0 Å². The molecule has 3 heteroatoms. The summed E-state index contributed by atoms with van der Waals surface area (Å²) in [5.74, 6) is 3.27. The number of likely N-dealkylation sites (tertiary alicyclic amines) is 1. The molecule has 88 valence electrons. The molecule has 1 aliphatic heterocycles. The molecule has 0 amide bonds. The zero-order chi connectivity index (χ0) is 10.7. The van der Waals surface area contributed by atoms with Crippen LogP contribution in [0.3, 0.4) is 0 Å². The molecule has 1 saturated carbocycles. The molecule has 2 nitrogen and oxygen atoms in total. The molecule has 3 unspecified atom stereocenters. The largest absolute Gasteiger partial charge is 0.329 e. The van der Waals surface area contributed by atoms with Gasteiger partial charge in [-0.15, -0.1) is 0 Å². The molecule has 15 heavy (non-hydrogen) atoms. The van der Waals surface area contributed by atoms with Gasteiger partial charge in [0.05, 0.1) is 0 Å². The first-order valence-corrected chi connectivity index (χ1v) is 7.67. The Morgan fingerprint density at radius 1 is 1.33 bits per heavy atom. The van der Waals surface area contributed by atoms with Gasteiger partial charge in [0.25, 0.3) is 0 Å². The predicted molar refractivity (Wildman–Crippen MR) is 68.2 cm³/mol. The Labute approximate surface area is 98.0 Å². The van der Waals surface area contributed by atoms with E-state index in [0.717, 1.165) is 18.4 Å². The molecule has 1 aliphatic carbocycles. The van der Waals surface area contributed by atoms with Gasteiger partial charge in [-0.3, -0.25) is 4.90 Å². The van der Waals surface area contributed by atoms with Crippen molar-refractivity contribution in [1.82, 2.24) is 4.90 Å². The van der Waals surface area contributed by atoms with E-state index in [9.17, 15) is 0 Å². The van der Waals surface area contributed by atoms with Gasteiger partial charge >= 0.3 is 0 Å². The highest BCUT2D eigenvalue weighted by molar-refractivity contribution is 7.98. The summed E-state index contributed by atoms with van der Waals surface area (Å²) in [6, 6.07) is 0.656. The third-order valence-electron chi connectivity index (χ3n) is 4.20. The van der Waals surface area contributed by atoms with Gasteiger partial charge in [0.2, 0.25) is 0 Å². The van der Waals surface area contributed by atoms with Crippen molar-refractivity contribution in [2.75, 3.05) is 31.6 Å². The van der Waals surface area contributed by atoms with Crippen molar-refractivity contribution in [2.45, 2.75) is 31.7 Å². The second-order valence-electron chi connectivity index (χ2n) is 5.08. The molecular formula is C12H24N2S. The van der Waals surface area contributed by atoms with Crippen LogP contribution in [0.2, 0.25) is 0 Å². The average molecular weight is 228 g/mol. The summed E-state index contributed by atoms with van der Waals surface area (Å²) < 4.78 is 0.